The van der Waals surface area contributed by atoms with Crippen molar-refractivity contribution < 1.29 is 13.2 Å². The average Bonchev–Trinajstić information content (AvgIpc) is 2.24. The highest BCUT2D eigenvalue weighted by molar-refractivity contribution is 7.99. The first-order chi connectivity index (χ1) is 8.32. The van der Waals surface area contributed by atoms with Gasteiger partial charge in [-0.3, -0.25) is 0 Å². The molecule has 1 aromatic rings. The van der Waals surface area contributed by atoms with E-state index in [4.69, 9.17) is 11.6 Å². The number of rotatable bonds is 5. The summed E-state index contributed by atoms with van der Waals surface area (Å²) in [5, 5.41) is 2.75. The van der Waals surface area contributed by atoms with E-state index in [-0.39, 0.29) is 17.0 Å². The predicted molar refractivity (Wildman–Crippen MR) is 70.3 cm³/mol. The lowest BCUT2D eigenvalue weighted by Gasteiger charge is -2.15. The van der Waals surface area contributed by atoms with Crippen LogP contribution in [0.2, 0.25) is 5.15 Å². The lowest BCUT2D eigenvalue weighted by Crippen LogP contribution is -2.19. The van der Waals surface area contributed by atoms with Gasteiger partial charge in [-0.05, 0) is 24.8 Å². The van der Waals surface area contributed by atoms with Crippen LogP contribution in [0, 0.1) is 0 Å². The normalized spacial score (nSPS) is 13.4. The minimum absolute atomic E-state index is 0.0296. The number of nitrogens with zero attached hydrogens (tertiary/aromatic N) is 1. The smallest absolute Gasteiger partial charge is 0.367 e. The first-order valence-corrected chi connectivity index (χ1v) is 6.95. The standard InChI is InChI=1S/C11H14ClF3N2S/c1-3-18-6-7(2)16-10-5-8(11(13,14)15)4-9(12)17-10/h4-5,7H,3,6H2,1-2H3,(H,16,17). The topological polar surface area (TPSA) is 24.9 Å². The van der Waals surface area contributed by atoms with Crippen LogP contribution in [0.15, 0.2) is 12.1 Å². The monoisotopic (exact) mass is 298 g/mol. The number of aromatic nitrogens is 1. The number of pyridine rings is 1. The third-order valence-corrected chi connectivity index (χ3v) is 3.43. The van der Waals surface area contributed by atoms with Crippen molar-refractivity contribution in [1.82, 2.24) is 4.98 Å². The van der Waals surface area contributed by atoms with Gasteiger partial charge in [0.1, 0.15) is 11.0 Å². The van der Waals surface area contributed by atoms with Crippen molar-refractivity contribution >= 4 is 29.2 Å². The zero-order chi connectivity index (χ0) is 13.8. The highest BCUT2D eigenvalue weighted by atomic mass is 35.5. The molecule has 2 nitrogen and oxygen atoms in total. The number of thioether (sulfide) groups is 1. The van der Waals surface area contributed by atoms with E-state index < -0.39 is 11.7 Å². The molecule has 0 aliphatic heterocycles. The van der Waals surface area contributed by atoms with E-state index in [1.165, 1.54) is 0 Å². The summed E-state index contributed by atoms with van der Waals surface area (Å²) < 4.78 is 37.7. The molecule has 1 aromatic heterocycles. The molecule has 0 radical (unpaired) electrons. The fraction of sp³-hybridized carbons (Fsp3) is 0.545. The lowest BCUT2D eigenvalue weighted by atomic mass is 10.2. The van der Waals surface area contributed by atoms with Gasteiger partial charge >= 0.3 is 6.18 Å². The maximum atomic E-state index is 12.6. The summed E-state index contributed by atoms with van der Waals surface area (Å²) in [4.78, 5) is 3.84. The molecule has 0 aliphatic carbocycles. The number of anilines is 1. The van der Waals surface area contributed by atoms with Crippen molar-refractivity contribution in [1.29, 1.82) is 0 Å². The summed E-state index contributed by atoms with van der Waals surface area (Å²) >= 11 is 7.29. The third kappa shape index (κ3) is 4.94. The zero-order valence-corrected chi connectivity index (χ0v) is 11.6. The molecular formula is C11H14ClF3N2S. The Morgan fingerprint density at radius 3 is 2.67 bits per heavy atom. The summed E-state index contributed by atoms with van der Waals surface area (Å²) in [6.07, 6.45) is -4.41. The lowest BCUT2D eigenvalue weighted by molar-refractivity contribution is -0.137. The average molecular weight is 299 g/mol. The number of halogens is 4. The van der Waals surface area contributed by atoms with Gasteiger partial charge in [0, 0.05) is 11.8 Å². The zero-order valence-electron chi connectivity index (χ0n) is 10.0. The quantitative estimate of drug-likeness (QED) is 0.820. The number of nitrogens with one attached hydrogen (secondary N) is 1. The van der Waals surface area contributed by atoms with E-state index in [2.05, 4.69) is 10.3 Å². The molecule has 7 heteroatoms. The molecule has 0 bridgehead atoms. The van der Waals surface area contributed by atoms with Crippen LogP contribution in [0.25, 0.3) is 0 Å². The fourth-order valence-electron chi connectivity index (χ4n) is 1.32. The van der Waals surface area contributed by atoms with Crippen LogP contribution >= 0.6 is 23.4 Å². The summed E-state index contributed by atoms with van der Waals surface area (Å²) in [7, 11) is 0. The van der Waals surface area contributed by atoms with Gasteiger partial charge in [0.15, 0.2) is 0 Å². The highest BCUT2D eigenvalue weighted by Crippen LogP contribution is 2.32. The maximum absolute atomic E-state index is 12.6. The summed E-state index contributed by atoms with van der Waals surface area (Å²) in [6, 6.07) is 1.82. The largest absolute Gasteiger partial charge is 0.416 e. The Balaban J connectivity index is 2.80. The Hall–Kier alpha value is -0.620. The first kappa shape index (κ1) is 15.4. The molecular weight excluding hydrogens is 285 g/mol. The van der Waals surface area contributed by atoms with Gasteiger partial charge in [-0.15, -0.1) is 0 Å². The molecule has 1 heterocycles. The van der Waals surface area contributed by atoms with E-state index >= 15 is 0 Å². The van der Waals surface area contributed by atoms with Gasteiger partial charge in [0.2, 0.25) is 0 Å². The summed E-state index contributed by atoms with van der Waals surface area (Å²) in [5.41, 5.74) is -0.791. The second kappa shape index (κ2) is 6.52. The minimum Gasteiger partial charge on any atom is -0.367 e. The number of hydrogen-bond donors (Lipinski definition) is 1. The van der Waals surface area contributed by atoms with E-state index in [0.717, 1.165) is 23.6 Å². The molecule has 1 N–H and O–H groups in total. The summed E-state index contributed by atoms with van der Waals surface area (Å²) in [6.45, 7) is 3.91. The Labute approximate surface area is 113 Å². The predicted octanol–water partition coefficient (Wildman–Crippen LogP) is 4.31. The molecule has 0 fully saturated rings. The van der Waals surface area contributed by atoms with Crippen molar-refractivity contribution in [3.05, 3.63) is 22.8 Å². The minimum atomic E-state index is -4.41. The van der Waals surface area contributed by atoms with E-state index in [9.17, 15) is 13.2 Å². The van der Waals surface area contributed by atoms with E-state index in [1.54, 1.807) is 11.8 Å². The van der Waals surface area contributed by atoms with Crippen molar-refractivity contribution in [3.63, 3.8) is 0 Å². The van der Waals surface area contributed by atoms with Gasteiger partial charge in [-0.25, -0.2) is 4.98 Å². The van der Waals surface area contributed by atoms with E-state index in [1.807, 2.05) is 13.8 Å². The Bertz CT molecular complexity index is 398. The van der Waals surface area contributed by atoms with Crippen molar-refractivity contribution in [3.8, 4) is 0 Å². The van der Waals surface area contributed by atoms with Gasteiger partial charge < -0.3 is 5.32 Å². The van der Waals surface area contributed by atoms with Crippen LogP contribution in [0.4, 0.5) is 19.0 Å². The van der Waals surface area contributed by atoms with Crippen LogP contribution < -0.4 is 5.32 Å². The van der Waals surface area contributed by atoms with Gasteiger partial charge in [-0.2, -0.15) is 24.9 Å². The van der Waals surface area contributed by atoms with E-state index in [0.29, 0.717) is 0 Å². The molecule has 0 saturated carbocycles. The Kier molecular flexibility index (Phi) is 5.59. The van der Waals surface area contributed by atoms with Crippen molar-refractivity contribution in [2.75, 3.05) is 16.8 Å². The molecule has 1 atom stereocenters. The molecule has 0 spiro atoms. The van der Waals surface area contributed by atoms with Crippen LogP contribution in [0.1, 0.15) is 19.4 Å². The SMILES string of the molecule is CCSCC(C)Nc1cc(C(F)(F)F)cc(Cl)n1. The summed E-state index contributed by atoms with van der Waals surface area (Å²) in [5.74, 6) is 1.91. The molecule has 0 aromatic carbocycles. The number of hydrogen-bond acceptors (Lipinski definition) is 3. The van der Waals surface area contributed by atoms with Crippen molar-refractivity contribution in [2.45, 2.75) is 26.1 Å². The Morgan fingerprint density at radius 1 is 1.44 bits per heavy atom. The van der Waals surface area contributed by atoms with Crippen LogP contribution in [0.3, 0.4) is 0 Å². The highest BCUT2D eigenvalue weighted by Gasteiger charge is 2.31. The first-order valence-electron chi connectivity index (χ1n) is 5.42. The van der Waals surface area contributed by atoms with Gasteiger partial charge in [0.05, 0.1) is 5.56 Å². The second-order valence-electron chi connectivity index (χ2n) is 3.77. The van der Waals surface area contributed by atoms with Crippen molar-refractivity contribution in [2.24, 2.45) is 0 Å². The van der Waals surface area contributed by atoms with Gasteiger partial charge in [0.25, 0.3) is 0 Å². The molecule has 1 unspecified atom stereocenters. The number of alkyl halides is 3. The Morgan fingerprint density at radius 2 is 2.11 bits per heavy atom. The molecule has 0 saturated heterocycles. The fourth-order valence-corrected chi connectivity index (χ4v) is 2.20. The van der Waals surface area contributed by atoms with Gasteiger partial charge in [-0.1, -0.05) is 18.5 Å². The molecule has 0 aliphatic rings. The molecule has 102 valence electrons. The molecule has 1 rings (SSSR count). The second-order valence-corrected chi connectivity index (χ2v) is 5.47. The third-order valence-electron chi connectivity index (χ3n) is 2.09. The van der Waals surface area contributed by atoms with Crippen LogP contribution in [-0.4, -0.2) is 22.5 Å². The van der Waals surface area contributed by atoms with Crippen LogP contribution in [-0.2, 0) is 6.18 Å². The molecule has 18 heavy (non-hydrogen) atoms. The van der Waals surface area contributed by atoms with Crippen LogP contribution in [0.5, 0.6) is 0 Å². The maximum Gasteiger partial charge on any atom is 0.416 e. The molecule has 0 amide bonds.